The average Bonchev–Trinajstić information content (AvgIpc) is 2.32. The zero-order chi connectivity index (χ0) is 12.3. The van der Waals surface area contributed by atoms with Crippen LogP contribution in [0.3, 0.4) is 0 Å². The topological polar surface area (TPSA) is 75.2 Å². The molecule has 1 aromatic heterocycles. The number of rotatable bonds is 3. The Morgan fingerprint density at radius 3 is 3.24 bits per heavy atom. The van der Waals surface area contributed by atoms with Crippen molar-refractivity contribution in [2.24, 2.45) is 5.73 Å². The van der Waals surface area contributed by atoms with Crippen molar-refractivity contribution in [2.75, 3.05) is 19.7 Å². The number of pyridine rings is 1. The van der Waals surface area contributed by atoms with Gasteiger partial charge in [-0.05, 0) is 11.6 Å². The Morgan fingerprint density at radius 1 is 1.71 bits per heavy atom. The lowest BCUT2D eigenvalue weighted by Crippen LogP contribution is -2.47. The number of nitrogens with two attached hydrogens (primary N) is 1. The summed E-state index contributed by atoms with van der Waals surface area (Å²) in [5, 5.41) is 8.06. The van der Waals surface area contributed by atoms with Crippen molar-refractivity contribution < 1.29 is 4.74 Å². The molecule has 6 heteroatoms. The normalized spacial score (nSPS) is 21.4. The maximum Gasteiger partial charge on any atom is 0.127 e. The van der Waals surface area contributed by atoms with Crippen LogP contribution in [0.2, 0.25) is 5.02 Å². The number of amidine groups is 1. The van der Waals surface area contributed by atoms with Crippen molar-refractivity contribution in [3.05, 3.63) is 29.0 Å². The third-order valence-electron chi connectivity index (χ3n) is 2.75. The molecule has 1 unspecified atom stereocenters. The second-order valence-electron chi connectivity index (χ2n) is 4.02. The largest absolute Gasteiger partial charge is 0.385 e. The number of nitrogens with one attached hydrogen (secondary N) is 1. The predicted octanol–water partition coefficient (Wildman–Crippen LogP) is 0.872. The zero-order valence-corrected chi connectivity index (χ0v) is 10.2. The van der Waals surface area contributed by atoms with Crippen molar-refractivity contribution >= 4 is 17.4 Å². The van der Waals surface area contributed by atoms with Gasteiger partial charge in [-0.15, -0.1) is 0 Å². The smallest absolute Gasteiger partial charge is 0.127 e. The Bertz CT molecular complexity index is 412. The number of halogens is 1. The van der Waals surface area contributed by atoms with Gasteiger partial charge in [-0.25, -0.2) is 0 Å². The van der Waals surface area contributed by atoms with E-state index in [0.29, 0.717) is 18.2 Å². The highest BCUT2D eigenvalue weighted by atomic mass is 35.5. The molecule has 17 heavy (non-hydrogen) atoms. The van der Waals surface area contributed by atoms with Crippen LogP contribution in [0.15, 0.2) is 18.5 Å². The molecule has 1 aromatic rings. The molecule has 0 amide bonds. The highest BCUT2D eigenvalue weighted by Gasteiger charge is 2.22. The Balaban J connectivity index is 1.99. The molecule has 1 atom stereocenters. The van der Waals surface area contributed by atoms with Crippen molar-refractivity contribution in [1.82, 2.24) is 9.88 Å². The lowest BCUT2D eigenvalue weighted by Gasteiger charge is -2.32. The molecule has 3 N–H and O–H groups in total. The second kappa shape index (κ2) is 5.44. The minimum Gasteiger partial charge on any atom is -0.385 e. The summed E-state index contributed by atoms with van der Waals surface area (Å²) in [5.74, 6) is 0.0792. The number of nitrogens with zero attached hydrogens (tertiary/aromatic N) is 2. The summed E-state index contributed by atoms with van der Waals surface area (Å²) in [7, 11) is 0. The molecule has 0 spiro atoms. The first-order valence-corrected chi connectivity index (χ1v) is 5.81. The van der Waals surface area contributed by atoms with E-state index >= 15 is 0 Å². The van der Waals surface area contributed by atoms with Gasteiger partial charge < -0.3 is 10.5 Å². The summed E-state index contributed by atoms with van der Waals surface area (Å²) in [6.45, 7) is 2.78. The van der Waals surface area contributed by atoms with Gasteiger partial charge in [0.1, 0.15) is 11.9 Å². The number of hydrogen-bond acceptors (Lipinski definition) is 4. The van der Waals surface area contributed by atoms with E-state index in [4.69, 9.17) is 27.5 Å². The molecule has 0 saturated carbocycles. The summed E-state index contributed by atoms with van der Waals surface area (Å²) < 4.78 is 5.40. The van der Waals surface area contributed by atoms with E-state index in [1.165, 1.54) is 0 Å². The highest BCUT2D eigenvalue weighted by molar-refractivity contribution is 6.31. The summed E-state index contributed by atoms with van der Waals surface area (Å²) >= 11 is 6.06. The summed E-state index contributed by atoms with van der Waals surface area (Å²) in [4.78, 5) is 6.13. The number of morpholine rings is 1. The molecular weight excluding hydrogens is 240 g/mol. The van der Waals surface area contributed by atoms with Crippen LogP contribution >= 0.6 is 11.6 Å². The first kappa shape index (κ1) is 12.3. The van der Waals surface area contributed by atoms with Crippen LogP contribution in [0.5, 0.6) is 0 Å². The Hall–Kier alpha value is -1.17. The third-order valence-corrected chi connectivity index (χ3v) is 3.09. The van der Waals surface area contributed by atoms with Crippen LogP contribution < -0.4 is 5.73 Å². The molecule has 5 nitrogen and oxygen atoms in total. The number of hydrogen-bond donors (Lipinski definition) is 2. The molecule has 0 aromatic carbocycles. The molecule has 1 aliphatic rings. The second-order valence-corrected chi connectivity index (χ2v) is 4.42. The minimum absolute atomic E-state index is 0.0792. The SMILES string of the molecule is N=C(N)C1CN(Cc2ccncc2Cl)CCO1. The highest BCUT2D eigenvalue weighted by Crippen LogP contribution is 2.17. The van der Waals surface area contributed by atoms with Gasteiger partial charge in [-0.3, -0.25) is 15.3 Å². The van der Waals surface area contributed by atoms with Crippen molar-refractivity contribution in [3.8, 4) is 0 Å². The summed E-state index contributed by atoms with van der Waals surface area (Å²) in [5.41, 5.74) is 6.48. The lowest BCUT2D eigenvalue weighted by molar-refractivity contribution is 0.00236. The first-order chi connectivity index (χ1) is 8.16. The van der Waals surface area contributed by atoms with Crippen molar-refractivity contribution in [1.29, 1.82) is 5.41 Å². The first-order valence-electron chi connectivity index (χ1n) is 5.43. The molecule has 1 aliphatic heterocycles. The standard InChI is InChI=1S/C11H15ClN4O/c12-9-5-15-2-1-8(9)6-16-3-4-17-10(7-16)11(13)14/h1-2,5,10H,3-4,6-7H2,(H3,13,14). The van der Waals surface area contributed by atoms with E-state index in [1.54, 1.807) is 12.4 Å². The minimum atomic E-state index is -0.302. The van der Waals surface area contributed by atoms with Gasteiger partial charge >= 0.3 is 0 Å². The molecule has 1 saturated heterocycles. The molecule has 0 radical (unpaired) electrons. The van der Waals surface area contributed by atoms with E-state index in [1.807, 2.05) is 6.07 Å². The molecule has 1 fully saturated rings. The van der Waals surface area contributed by atoms with E-state index in [-0.39, 0.29) is 11.9 Å². The van der Waals surface area contributed by atoms with Gasteiger partial charge in [0.15, 0.2) is 0 Å². The maximum absolute atomic E-state index is 7.39. The molecule has 0 bridgehead atoms. The fourth-order valence-electron chi connectivity index (χ4n) is 1.81. The van der Waals surface area contributed by atoms with E-state index in [2.05, 4.69) is 9.88 Å². The molecule has 2 rings (SSSR count). The van der Waals surface area contributed by atoms with E-state index < -0.39 is 0 Å². The van der Waals surface area contributed by atoms with Crippen LogP contribution in [-0.4, -0.2) is 41.5 Å². The van der Waals surface area contributed by atoms with Gasteiger partial charge in [0.05, 0.1) is 11.6 Å². The van der Waals surface area contributed by atoms with Crippen LogP contribution in [0.25, 0.3) is 0 Å². The summed E-state index contributed by atoms with van der Waals surface area (Å²) in [6.07, 6.45) is 3.06. The van der Waals surface area contributed by atoms with E-state index in [0.717, 1.165) is 18.7 Å². The van der Waals surface area contributed by atoms with Crippen LogP contribution in [0, 0.1) is 5.41 Å². The molecule has 92 valence electrons. The van der Waals surface area contributed by atoms with Gasteiger partial charge in [-0.2, -0.15) is 0 Å². The average molecular weight is 255 g/mol. The van der Waals surface area contributed by atoms with Crippen LogP contribution in [-0.2, 0) is 11.3 Å². The fourth-order valence-corrected chi connectivity index (χ4v) is 1.99. The number of ether oxygens (including phenoxy) is 1. The van der Waals surface area contributed by atoms with Crippen molar-refractivity contribution in [2.45, 2.75) is 12.6 Å². The van der Waals surface area contributed by atoms with E-state index in [9.17, 15) is 0 Å². The van der Waals surface area contributed by atoms with Gasteiger partial charge in [0.2, 0.25) is 0 Å². The monoisotopic (exact) mass is 254 g/mol. The molecule has 0 aliphatic carbocycles. The zero-order valence-electron chi connectivity index (χ0n) is 9.40. The molecule has 2 heterocycles. The van der Waals surface area contributed by atoms with Gasteiger partial charge in [0.25, 0.3) is 0 Å². The predicted molar refractivity (Wildman–Crippen MR) is 66.2 cm³/mol. The quantitative estimate of drug-likeness (QED) is 0.620. The van der Waals surface area contributed by atoms with Gasteiger partial charge in [0, 0.05) is 32.0 Å². The van der Waals surface area contributed by atoms with Crippen LogP contribution in [0.4, 0.5) is 0 Å². The third kappa shape index (κ3) is 3.15. The number of aromatic nitrogens is 1. The summed E-state index contributed by atoms with van der Waals surface area (Å²) in [6, 6.07) is 1.90. The Morgan fingerprint density at radius 2 is 2.53 bits per heavy atom. The molecular formula is C11H15ClN4O. The Labute approximate surface area is 105 Å². The fraction of sp³-hybridized carbons (Fsp3) is 0.455. The van der Waals surface area contributed by atoms with Crippen LogP contribution in [0.1, 0.15) is 5.56 Å². The van der Waals surface area contributed by atoms with Crippen molar-refractivity contribution in [3.63, 3.8) is 0 Å². The Kier molecular flexibility index (Phi) is 3.93. The van der Waals surface area contributed by atoms with Gasteiger partial charge in [-0.1, -0.05) is 11.6 Å². The maximum atomic E-state index is 7.39. The lowest BCUT2D eigenvalue weighted by atomic mass is 10.2.